The molecule has 0 bridgehead atoms. The molecule has 120 valence electrons. The van der Waals surface area contributed by atoms with E-state index >= 15 is 0 Å². The van der Waals surface area contributed by atoms with Crippen molar-refractivity contribution in [3.63, 3.8) is 0 Å². The summed E-state index contributed by atoms with van der Waals surface area (Å²) in [6.07, 6.45) is 0.623. The van der Waals surface area contributed by atoms with E-state index in [1.165, 1.54) is 6.07 Å². The molecule has 0 spiro atoms. The van der Waals surface area contributed by atoms with Gasteiger partial charge in [0.2, 0.25) is 11.8 Å². The molecule has 0 aliphatic heterocycles. The Hall–Kier alpha value is -3.28. The Morgan fingerprint density at radius 1 is 1.08 bits per heavy atom. The number of carbonyl (C=O) groups is 2. The second-order valence-electron chi connectivity index (χ2n) is 5.41. The van der Waals surface area contributed by atoms with Crippen molar-refractivity contribution in [2.75, 3.05) is 0 Å². The fraction of sp³-hybridized carbons (Fsp3) is 0.111. The van der Waals surface area contributed by atoms with Gasteiger partial charge in [-0.2, -0.15) is 0 Å². The van der Waals surface area contributed by atoms with Crippen molar-refractivity contribution in [1.29, 1.82) is 0 Å². The smallest absolute Gasteiger partial charge is 0.341 e. The first kappa shape index (κ1) is 15.6. The second-order valence-corrected chi connectivity index (χ2v) is 5.41. The summed E-state index contributed by atoms with van der Waals surface area (Å²) in [7, 11) is 0. The molecule has 2 heterocycles. The minimum atomic E-state index is -1.17. The number of nitrogens with zero attached hydrogens (tertiary/aromatic N) is 2. The summed E-state index contributed by atoms with van der Waals surface area (Å²) >= 11 is 0. The van der Waals surface area contributed by atoms with Crippen LogP contribution in [0.2, 0.25) is 0 Å². The second kappa shape index (κ2) is 6.08. The van der Waals surface area contributed by atoms with Crippen LogP contribution >= 0.6 is 0 Å². The SMILES string of the molecule is Cc1ccc2cc(C=O)c(Oc3nc(C)ccc3C(=O)O)nc2c1. The Kier molecular flexibility index (Phi) is 3.95. The van der Waals surface area contributed by atoms with Crippen LogP contribution in [-0.2, 0) is 0 Å². The largest absolute Gasteiger partial charge is 0.477 e. The number of carboxylic acids is 1. The molecule has 0 unspecified atom stereocenters. The number of hydrogen-bond acceptors (Lipinski definition) is 5. The molecular formula is C18H14N2O4. The number of carboxylic acid groups (broad SMARTS) is 1. The number of aromatic nitrogens is 2. The number of aromatic carboxylic acids is 1. The van der Waals surface area contributed by atoms with Crippen LogP contribution in [0.1, 0.15) is 32.0 Å². The van der Waals surface area contributed by atoms with Gasteiger partial charge in [0.15, 0.2) is 6.29 Å². The fourth-order valence-electron chi connectivity index (χ4n) is 2.31. The van der Waals surface area contributed by atoms with Gasteiger partial charge >= 0.3 is 5.97 Å². The Balaban J connectivity index is 2.14. The van der Waals surface area contributed by atoms with E-state index in [9.17, 15) is 14.7 Å². The number of hydrogen-bond donors (Lipinski definition) is 1. The standard InChI is InChI=1S/C18H14N2O4/c1-10-3-5-12-8-13(9-21)16(20-15(12)7-10)24-17-14(18(22)23)6-4-11(2)19-17/h3-9H,1-2H3,(H,22,23). The van der Waals surface area contributed by atoms with Gasteiger partial charge in [0.25, 0.3) is 0 Å². The zero-order chi connectivity index (χ0) is 17.3. The number of rotatable bonds is 4. The van der Waals surface area contributed by atoms with E-state index in [-0.39, 0.29) is 22.9 Å². The Morgan fingerprint density at radius 3 is 2.58 bits per heavy atom. The number of aryl methyl sites for hydroxylation is 2. The van der Waals surface area contributed by atoms with E-state index in [4.69, 9.17) is 4.74 Å². The average molecular weight is 322 g/mol. The van der Waals surface area contributed by atoms with Crippen LogP contribution in [0.25, 0.3) is 10.9 Å². The third-order valence-electron chi connectivity index (χ3n) is 3.52. The third-order valence-corrected chi connectivity index (χ3v) is 3.52. The normalized spacial score (nSPS) is 10.6. The lowest BCUT2D eigenvalue weighted by Gasteiger charge is -2.10. The molecule has 6 nitrogen and oxygen atoms in total. The van der Waals surface area contributed by atoms with E-state index in [1.807, 2.05) is 25.1 Å². The highest BCUT2D eigenvalue weighted by molar-refractivity contribution is 5.91. The lowest BCUT2D eigenvalue weighted by atomic mass is 10.1. The molecule has 6 heteroatoms. The van der Waals surface area contributed by atoms with Gasteiger partial charge in [-0.05, 0) is 43.7 Å². The van der Waals surface area contributed by atoms with Gasteiger partial charge in [0, 0.05) is 11.1 Å². The summed E-state index contributed by atoms with van der Waals surface area (Å²) in [6.45, 7) is 3.65. The van der Waals surface area contributed by atoms with Gasteiger partial charge < -0.3 is 9.84 Å². The van der Waals surface area contributed by atoms with Gasteiger partial charge in [0.05, 0.1) is 11.1 Å². The van der Waals surface area contributed by atoms with Crippen LogP contribution in [0, 0.1) is 13.8 Å². The van der Waals surface area contributed by atoms with Crippen LogP contribution < -0.4 is 4.74 Å². The van der Waals surface area contributed by atoms with E-state index < -0.39 is 5.97 Å². The van der Waals surface area contributed by atoms with Crippen LogP contribution in [0.3, 0.4) is 0 Å². The lowest BCUT2D eigenvalue weighted by molar-refractivity contribution is 0.0693. The molecule has 1 N–H and O–H groups in total. The van der Waals surface area contributed by atoms with Gasteiger partial charge in [-0.15, -0.1) is 0 Å². The van der Waals surface area contributed by atoms with Crippen molar-refractivity contribution in [1.82, 2.24) is 9.97 Å². The summed E-state index contributed by atoms with van der Waals surface area (Å²) in [5, 5.41) is 10.1. The monoisotopic (exact) mass is 322 g/mol. The maximum atomic E-state index is 11.4. The number of pyridine rings is 2. The molecule has 0 aliphatic carbocycles. The highest BCUT2D eigenvalue weighted by Crippen LogP contribution is 2.28. The number of ether oxygens (including phenoxy) is 1. The Morgan fingerprint density at radius 2 is 1.88 bits per heavy atom. The minimum absolute atomic E-state index is 0.0312. The first-order valence-electron chi connectivity index (χ1n) is 7.23. The molecule has 1 aromatic carbocycles. The number of aldehydes is 1. The average Bonchev–Trinajstić information content (AvgIpc) is 2.54. The molecule has 0 radical (unpaired) electrons. The molecule has 3 aromatic rings. The van der Waals surface area contributed by atoms with E-state index in [2.05, 4.69) is 9.97 Å². The van der Waals surface area contributed by atoms with Crippen molar-refractivity contribution in [3.05, 3.63) is 58.8 Å². The van der Waals surface area contributed by atoms with Crippen LogP contribution in [0.5, 0.6) is 11.8 Å². The first-order valence-corrected chi connectivity index (χ1v) is 7.23. The summed E-state index contributed by atoms with van der Waals surface area (Å²) < 4.78 is 5.59. The van der Waals surface area contributed by atoms with Crippen LogP contribution in [0.4, 0.5) is 0 Å². The fourth-order valence-corrected chi connectivity index (χ4v) is 2.31. The van der Waals surface area contributed by atoms with Gasteiger partial charge in [-0.25, -0.2) is 14.8 Å². The molecule has 0 aliphatic rings. The third kappa shape index (κ3) is 2.94. The van der Waals surface area contributed by atoms with Gasteiger partial charge in [-0.1, -0.05) is 12.1 Å². The number of fused-ring (bicyclic) bond motifs is 1. The summed E-state index contributed by atoms with van der Waals surface area (Å²) in [6, 6.07) is 10.3. The Labute approximate surface area is 137 Å². The zero-order valence-corrected chi connectivity index (χ0v) is 13.1. The zero-order valence-electron chi connectivity index (χ0n) is 13.1. The highest BCUT2D eigenvalue weighted by Gasteiger charge is 2.17. The van der Waals surface area contributed by atoms with Crippen molar-refractivity contribution < 1.29 is 19.4 Å². The van der Waals surface area contributed by atoms with Crippen molar-refractivity contribution in [3.8, 4) is 11.8 Å². The Bertz CT molecular complexity index is 967. The van der Waals surface area contributed by atoms with Crippen molar-refractivity contribution >= 4 is 23.2 Å². The predicted molar refractivity (Wildman–Crippen MR) is 87.9 cm³/mol. The van der Waals surface area contributed by atoms with E-state index in [0.29, 0.717) is 17.5 Å². The van der Waals surface area contributed by atoms with Crippen molar-refractivity contribution in [2.45, 2.75) is 13.8 Å². The maximum absolute atomic E-state index is 11.4. The van der Waals surface area contributed by atoms with Crippen LogP contribution in [-0.4, -0.2) is 27.3 Å². The molecule has 0 saturated carbocycles. The highest BCUT2D eigenvalue weighted by atomic mass is 16.5. The summed E-state index contributed by atoms with van der Waals surface area (Å²) in [5.74, 6) is -1.23. The van der Waals surface area contributed by atoms with Gasteiger partial charge in [-0.3, -0.25) is 4.79 Å². The van der Waals surface area contributed by atoms with E-state index in [0.717, 1.165) is 10.9 Å². The molecule has 0 amide bonds. The quantitative estimate of drug-likeness (QED) is 0.739. The number of benzene rings is 1. The topological polar surface area (TPSA) is 89.4 Å². The molecule has 0 atom stereocenters. The molecule has 2 aromatic heterocycles. The molecule has 0 saturated heterocycles. The molecule has 0 fully saturated rings. The minimum Gasteiger partial charge on any atom is -0.477 e. The molecule has 3 rings (SSSR count). The molecule has 24 heavy (non-hydrogen) atoms. The van der Waals surface area contributed by atoms with Crippen molar-refractivity contribution in [2.24, 2.45) is 0 Å². The lowest BCUT2D eigenvalue weighted by Crippen LogP contribution is -2.05. The van der Waals surface area contributed by atoms with E-state index in [1.54, 1.807) is 19.1 Å². The first-order chi connectivity index (χ1) is 11.5. The summed E-state index contributed by atoms with van der Waals surface area (Å²) in [5.41, 5.74) is 2.40. The predicted octanol–water partition coefficient (Wildman–Crippen LogP) is 3.55. The molecular weight excluding hydrogens is 308 g/mol. The van der Waals surface area contributed by atoms with Crippen LogP contribution in [0.15, 0.2) is 36.4 Å². The summed E-state index contributed by atoms with van der Waals surface area (Å²) in [4.78, 5) is 31.1. The number of carbonyl (C=O) groups excluding carboxylic acids is 1. The maximum Gasteiger partial charge on any atom is 0.341 e. The van der Waals surface area contributed by atoms with Gasteiger partial charge in [0.1, 0.15) is 5.56 Å².